The zero-order chi connectivity index (χ0) is 19.5. The first-order chi connectivity index (χ1) is 13.6. The van der Waals surface area contributed by atoms with E-state index < -0.39 is 0 Å². The third kappa shape index (κ3) is 3.84. The number of ether oxygens (including phenoxy) is 2. The second-order valence-electron chi connectivity index (χ2n) is 6.57. The molecule has 1 saturated heterocycles. The Hall–Kier alpha value is -2.93. The van der Waals surface area contributed by atoms with Gasteiger partial charge in [-0.3, -0.25) is 9.59 Å². The van der Waals surface area contributed by atoms with Gasteiger partial charge >= 0.3 is 0 Å². The number of hydrogen-bond acceptors (Lipinski definition) is 5. The van der Waals surface area contributed by atoms with Crippen molar-refractivity contribution >= 4 is 29.1 Å². The number of rotatable bonds is 4. The summed E-state index contributed by atoms with van der Waals surface area (Å²) < 4.78 is 10.6. The number of nitrogens with zero attached hydrogens (tertiary/aromatic N) is 2. The second kappa shape index (κ2) is 7.98. The molecule has 1 N–H and O–H groups in total. The fourth-order valence-corrected chi connectivity index (χ4v) is 3.46. The standard InChI is InChI=1S/C20H20ClN3O4/c21-14-4-6-15(7-5-14)23-8-10-24(11-9-23)18(25)12-22-20(26)16-2-1-3-17-19(16)28-13-27-17/h1-7H,8-13H2,(H,22,26). The molecular weight excluding hydrogens is 382 g/mol. The predicted octanol–water partition coefficient (Wildman–Crippen LogP) is 2.15. The quantitative estimate of drug-likeness (QED) is 0.850. The van der Waals surface area contributed by atoms with Crippen molar-refractivity contribution in [1.29, 1.82) is 0 Å². The number of carbonyl (C=O) groups excluding carboxylic acids is 2. The van der Waals surface area contributed by atoms with E-state index in [0.717, 1.165) is 18.8 Å². The molecule has 0 atom stereocenters. The molecule has 0 radical (unpaired) electrons. The first-order valence-electron chi connectivity index (χ1n) is 9.07. The van der Waals surface area contributed by atoms with Crippen LogP contribution in [0.4, 0.5) is 5.69 Å². The molecule has 2 aromatic carbocycles. The Balaban J connectivity index is 1.29. The Morgan fingerprint density at radius 3 is 2.50 bits per heavy atom. The topological polar surface area (TPSA) is 71.1 Å². The van der Waals surface area contributed by atoms with Crippen molar-refractivity contribution in [2.75, 3.05) is 44.4 Å². The number of para-hydroxylation sites is 1. The van der Waals surface area contributed by atoms with Crippen LogP contribution in [0.15, 0.2) is 42.5 Å². The number of piperazine rings is 1. The zero-order valence-corrected chi connectivity index (χ0v) is 15.9. The summed E-state index contributed by atoms with van der Waals surface area (Å²) in [5, 5.41) is 3.38. The minimum atomic E-state index is -0.351. The number of halogens is 1. The SMILES string of the molecule is O=C(NCC(=O)N1CCN(c2ccc(Cl)cc2)CC1)c1cccc2c1OCO2. The van der Waals surface area contributed by atoms with Gasteiger partial charge in [-0.1, -0.05) is 17.7 Å². The molecule has 2 heterocycles. The van der Waals surface area contributed by atoms with Gasteiger partial charge in [-0.15, -0.1) is 0 Å². The molecule has 0 aliphatic carbocycles. The van der Waals surface area contributed by atoms with E-state index in [4.69, 9.17) is 21.1 Å². The number of nitrogens with one attached hydrogen (secondary N) is 1. The van der Waals surface area contributed by atoms with Crippen LogP contribution < -0.4 is 19.7 Å². The van der Waals surface area contributed by atoms with Crippen molar-refractivity contribution in [3.8, 4) is 11.5 Å². The van der Waals surface area contributed by atoms with Gasteiger partial charge in [0.25, 0.3) is 5.91 Å². The highest BCUT2D eigenvalue weighted by Gasteiger charge is 2.24. The van der Waals surface area contributed by atoms with E-state index >= 15 is 0 Å². The molecule has 4 rings (SSSR count). The molecule has 1 fully saturated rings. The summed E-state index contributed by atoms with van der Waals surface area (Å²) in [6, 6.07) is 12.8. The molecule has 7 nitrogen and oxygen atoms in total. The molecule has 0 saturated carbocycles. The smallest absolute Gasteiger partial charge is 0.255 e. The lowest BCUT2D eigenvalue weighted by atomic mass is 10.1. The Labute approximate surface area is 167 Å². The van der Waals surface area contributed by atoms with Gasteiger partial charge in [-0.25, -0.2) is 0 Å². The lowest BCUT2D eigenvalue weighted by molar-refractivity contribution is -0.130. The maximum absolute atomic E-state index is 12.5. The average Bonchev–Trinajstić information content (AvgIpc) is 3.21. The Morgan fingerprint density at radius 2 is 1.75 bits per heavy atom. The Morgan fingerprint density at radius 1 is 1.00 bits per heavy atom. The Bertz CT molecular complexity index is 880. The van der Waals surface area contributed by atoms with Crippen LogP contribution in [0.25, 0.3) is 0 Å². The fraction of sp³-hybridized carbons (Fsp3) is 0.300. The molecule has 0 unspecified atom stereocenters. The molecule has 28 heavy (non-hydrogen) atoms. The lowest BCUT2D eigenvalue weighted by Crippen LogP contribution is -2.51. The monoisotopic (exact) mass is 401 g/mol. The maximum Gasteiger partial charge on any atom is 0.255 e. The number of amides is 2. The van der Waals surface area contributed by atoms with Crippen molar-refractivity contribution < 1.29 is 19.1 Å². The third-order valence-corrected chi connectivity index (χ3v) is 5.12. The van der Waals surface area contributed by atoms with E-state index in [-0.39, 0.29) is 25.2 Å². The predicted molar refractivity (Wildman–Crippen MR) is 105 cm³/mol. The minimum Gasteiger partial charge on any atom is -0.454 e. The van der Waals surface area contributed by atoms with Gasteiger partial charge in [-0.05, 0) is 36.4 Å². The summed E-state index contributed by atoms with van der Waals surface area (Å²) in [5.74, 6) is 0.505. The van der Waals surface area contributed by atoms with Crippen LogP contribution in [0.5, 0.6) is 11.5 Å². The van der Waals surface area contributed by atoms with Crippen LogP contribution in [0.3, 0.4) is 0 Å². The van der Waals surface area contributed by atoms with E-state index in [0.29, 0.717) is 35.2 Å². The Kier molecular flexibility index (Phi) is 5.25. The van der Waals surface area contributed by atoms with Crippen LogP contribution in [-0.2, 0) is 4.79 Å². The molecule has 2 amide bonds. The molecular formula is C20H20ClN3O4. The number of fused-ring (bicyclic) bond motifs is 1. The van der Waals surface area contributed by atoms with Crippen molar-refractivity contribution in [3.63, 3.8) is 0 Å². The zero-order valence-electron chi connectivity index (χ0n) is 15.2. The number of hydrogen-bond donors (Lipinski definition) is 1. The first kappa shape index (κ1) is 18.4. The molecule has 0 bridgehead atoms. The molecule has 8 heteroatoms. The highest BCUT2D eigenvalue weighted by atomic mass is 35.5. The van der Waals surface area contributed by atoms with Gasteiger partial charge in [0.1, 0.15) is 0 Å². The van der Waals surface area contributed by atoms with Crippen molar-refractivity contribution in [2.45, 2.75) is 0 Å². The largest absolute Gasteiger partial charge is 0.454 e. The van der Waals surface area contributed by atoms with Gasteiger partial charge in [-0.2, -0.15) is 0 Å². The summed E-state index contributed by atoms with van der Waals surface area (Å²) in [5.41, 5.74) is 1.46. The van der Waals surface area contributed by atoms with E-state index in [2.05, 4.69) is 10.2 Å². The molecule has 2 aromatic rings. The van der Waals surface area contributed by atoms with Gasteiger partial charge in [0.05, 0.1) is 12.1 Å². The van der Waals surface area contributed by atoms with Crippen molar-refractivity contribution in [3.05, 3.63) is 53.1 Å². The molecule has 2 aliphatic rings. The molecule has 2 aliphatic heterocycles. The van der Waals surface area contributed by atoms with Gasteiger partial charge in [0.15, 0.2) is 11.5 Å². The maximum atomic E-state index is 12.5. The van der Waals surface area contributed by atoms with Crippen LogP contribution in [0.2, 0.25) is 5.02 Å². The van der Waals surface area contributed by atoms with Gasteiger partial charge in [0, 0.05) is 36.9 Å². The fourth-order valence-electron chi connectivity index (χ4n) is 3.34. The van der Waals surface area contributed by atoms with E-state index in [1.807, 2.05) is 24.3 Å². The van der Waals surface area contributed by atoms with Crippen LogP contribution in [0, 0.1) is 0 Å². The van der Waals surface area contributed by atoms with Gasteiger partial charge in [0.2, 0.25) is 12.7 Å². The molecule has 0 aromatic heterocycles. The molecule has 0 spiro atoms. The van der Waals surface area contributed by atoms with Crippen molar-refractivity contribution in [2.24, 2.45) is 0 Å². The average molecular weight is 402 g/mol. The summed E-state index contributed by atoms with van der Waals surface area (Å²) in [6.45, 7) is 2.72. The first-order valence-corrected chi connectivity index (χ1v) is 9.45. The summed E-state index contributed by atoms with van der Waals surface area (Å²) in [6.07, 6.45) is 0. The highest BCUT2D eigenvalue weighted by Crippen LogP contribution is 2.35. The summed E-state index contributed by atoms with van der Waals surface area (Å²) in [4.78, 5) is 28.9. The second-order valence-corrected chi connectivity index (χ2v) is 7.00. The van der Waals surface area contributed by atoms with Crippen molar-refractivity contribution in [1.82, 2.24) is 10.2 Å². The highest BCUT2D eigenvalue weighted by molar-refractivity contribution is 6.30. The summed E-state index contributed by atoms with van der Waals surface area (Å²) >= 11 is 5.93. The molecule has 146 valence electrons. The number of benzene rings is 2. The third-order valence-electron chi connectivity index (χ3n) is 4.87. The van der Waals surface area contributed by atoms with Crippen LogP contribution >= 0.6 is 11.6 Å². The normalized spacial score (nSPS) is 15.5. The van der Waals surface area contributed by atoms with E-state index in [9.17, 15) is 9.59 Å². The van der Waals surface area contributed by atoms with Crippen LogP contribution in [-0.4, -0.2) is 56.2 Å². The van der Waals surface area contributed by atoms with Crippen LogP contribution in [0.1, 0.15) is 10.4 Å². The van der Waals surface area contributed by atoms with Gasteiger partial charge < -0.3 is 24.6 Å². The summed E-state index contributed by atoms with van der Waals surface area (Å²) in [7, 11) is 0. The lowest BCUT2D eigenvalue weighted by Gasteiger charge is -2.36. The number of anilines is 1. The van der Waals surface area contributed by atoms with E-state index in [1.165, 1.54) is 0 Å². The minimum absolute atomic E-state index is 0.0513. The number of carbonyl (C=O) groups is 2. The van der Waals surface area contributed by atoms with E-state index in [1.54, 1.807) is 23.1 Å².